The molecule has 4 nitrogen and oxygen atoms in total. The van der Waals surface area contributed by atoms with Crippen molar-refractivity contribution >= 4 is 5.69 Å². The summed E-state index contributed by atoms with van der Waals surface area (Å²) in [5.41, 5.74) is 2.05. The first-order valence-corrected chi connectivity index (χ1v) is 6.88. The van der Waals surface area contributed by atoms with Gasteiger partial charge in [0.1, 0.15) is 17.6 Å². The number of ether oxygens (including phenoxy) is 1. The van der Waals surface area contributed by atoms with Crippen molar-refractivity contribution in [2.75, 3.05) is 11.9 Å². The smallest absolute Gasteiger partial charge is 0.174 e. The highest BCUT2D eigenvalue weighted by molar-refractivity contribution is 5.50. The molecule has 0 aromatic heterocycles. The average Bonchev–Trinajstić information content (AvgIpc) is 2.52. The minimum Gasteiger partial charge on any atom is -0.508 e. The van der Waals surface area contributed by atoms with Crippen molar-refractivity contribution in [3.8, 4) is 17.6 Å². The predicted molar refractivity (Wildman–Crippen MR) is 82.3 cm³/mol. The van der Waals surface area contributed by atoms with Crippen LogP contribution in [-0.2, 0) is 0 Å². The summed E-state index contributed by atoms with van der Waals surface area (Å²) in [5.74, 6) is 0.933. The number of hydrogen-bond acceptors (Lipinski definition) is 4. The second-order valence-electron chi connectivity index (χ2n) is 4.67. The van der Waals surface area contributed by atoms with Gasteiger partial charge in [-0.15, -0.1) is 0 Å². The van der Waals surface area contributed by atoms with Gasteiger partial charge in [-0.05, 0) is 36.2 Å². The number of rotatable bonds is 6. The molecule has 2 aromatic carbocycles. The largest absolute Gasteiger partial charge is 0.508 e. The van der Waals surface area contributed by atoms with E-state index in [2.05, 4.69) is 12.2 Å². The lowest BCUT2D eigenvalue weighted by Crippen LogP contribution is -2.09. The van der Waals surface area contributed by atoms with Gasteiger partial charge in [-0.1, -0.05) is 25.1 Å². The molecule has 0 saturated heterocycles. The third-order valence-electron chi connectivity index (χ3n) is 3.18. The van der Waals surface area contributed by atoms with Crippen LogP contribution in [0.3, 0.4) is 0 Å². The molecular weight excluding hydrogens is 264 g/mol. The van der Waals surface area contributed by atoms with Crippen LogP contribution in [0.25, 0.3) is 0 Å². The molecular formula is C17H18N2O2. The molecule has 21 heavy (non-hydrogen) atoms. The molecule has 0 aliphatic carbocycles. The van der Waals surface area contributed by atoms with Crippen LogP contribution in [0.15, 0.2) is 48.5 Å². The van der Waals surface area contributed by atoms with Gasteiger partial charge in [0.25, 0.3) is 0 Å². The molecule has 0 fully saturated rings. The first kappa shape index (κ1) is 14.7. The van der Waals surface area contributed by atoms with E-state index in [-0.39, 0.29) is 18.4 Å². The molecule has 2 aromatic rings. The standard InChI is InChI=1S/C17H18N2O2/c1-2-17(13-6-8-15(20)9-7-13)19-14-4-3-5-16(12-14)21-11-10-18/h3-9,12,17,19-20H,2,11H2,1H3. The van der Waals surface area contributed by atoms with Gasteiger partial charge in [-0.3, -0.25) is 0 Å². The lowest BCUT2D eigenvalue weighted by molar-refractivity contribution is 0.368. The van der Waals surface area contributed by atoms with E-state index in [0.29, 0.717) is 5.75 Å². The number of phenolic OH excluding ortho intramolecular Hbond substituents is 1. The van der Waals surface area contributed by atoms with E-state index in [1.54, 1.807) is 12.1 Å². The summed E-state index contributed by atoms with van der Waals surface area (Å²) in [4.78, 5) is 0. The lowest BCUT2D eigenvalue weighted by atomic mass is 10.0. The fourth-order valence-corrected chi connectivity index (χ4v) is 2.12. The molecule has 0 bridgehead atoms. The van der Waals surface area contributed by atoms with Crippen LogP contribution in [0.2, 0.25) is 0 Å². The zero-order valence-corrected chi connectivity index (χ0v) is 11.9. The van der Waals surface area contributed by atoms with Gasteiger partial charge in [0.15, 0.2) is 6.61 Å². The van der Waals surface area contributed by atoms with Crippen molar-refractivity contribution in [3.63, 3.8) is 0 Å². The molecule has 0 radical (unpaired) electrons. The number of aromatic hydroxyl groups is 1. The molecule has 0 aliphatic rings. The Morgan fingerprint density at radius 1 is 1.24 bits per heavy atom. The summed E-state index contributed by atoms with van der Waals surface area (Å²) in [6.07, 6.45) is 0.911. The normalized spacial score (nSPS) is 11.4. The molecule has 2 rings (SSSR count). The van der Waals surface area contributed by atoms with Gasteiger partial charge in [0, 0.05) is 11.8 Å². The third-order valence-corrected chi connectivity index (χ3v) is 3.18. The molecule has 2 N–H and O–H groups in total. The van der Waals surface area contributed by atoms with Crippen LogP contribution >= 0.6 is 0 Å². The molecule has 0 spiro atoms. The maximum Gasteiger partial charge on any atom is 0.174 e. The maximum atomic E-state index is 9.36. The van der Waals surface area contributed by atoms with E-state index < -0.39 is 0 Å². The molecule has 0 aliphatic heterocycles. The number of nitrogens with one attached hydrogen (secondary N) is 1. The Kier molecular flexibility index (Phi) is 5.05. The minimum absolute atomic E-state index is 0.0403. The van der Waals surface area contributed by atoms with E-state index in [1.807, 2.05) is 42.5 Å². The van der Waals surface area contributed by atoms with Crippen molar-refractivity contribution in [1.82, 2.24) is 0 Å². The maximum absolute atomic E-state index is 9.36. The Bertz CT molecular complexity index is 617. The van der Waals surface area contributed by atoms with Crippen molar-refractivity contribution in [2.45, 2.75) is 19.4 Å². The summed E-state index contributed by atoms with van der Waals surface area (Å²) >= 11 is 0. The molecule has 108 valence electrons. The highest BCUT2D eigenvalue weighted by Gasteiger charge is 2.09. The summed E-state index contributed by atoms with van der Waals surface area (Å²) in [6.45, 7) is 2.14. The van der Waals surface area contributed by atoms with E-state index in [0.717, 1.165) is 17.7 Å². The van der Waals surface area contributed by atoms with Gasteiger partial charge < -0.3 is 15.2 Å². The zero-order valence-electron chi connectivity index (χ0n) is 11.9. The predicted octanol–water partition coefficient (Wildman–Crippen LogP) is 3.86. The fraction of sp³-hybridized carbons (Fsp3) is 0.235. The fourth-order valence-electron chi connectivity index (χ4n) is 2.12. The average molecular weight is 282 g/mol. The summed E-state index contributed by atoms with van der Waals surface area (Å²) in [5, 5.41) is 21.3. The second-order valence-corrected chi connectivity index (χ2v) is 4.67. The monoisotopic (exact) mass is 282 g/mol. The van der Waals surface area contributed by atoms with Gasteiger partial charge >= 0.3 is 0 Å². The second kappa shape index (κ2) is 7.20. The van der Waals surface area contributed by atoms with Crippen molar-refractivity contribution < 1.29 is 9.84 Å². The van der Waals surface area contributed by atoms with E-state index in [1.165, 1.54) is 0 Å². The Morgan fingerprint density at radius 3 is 2.67 bits per heavy atom. The van der Waals surface area contributed by atoms with Crippen LogP contribution in [-0.4, -0.2) is 11.7 Å². The Labute approximate surface area is 124 Å². The minimum atomic E-state index is 0.0403. The molecule has 0 saturated carbocycles. The van der Waals surface area contributed by atoms with Gasteiger partial charge in [0.2, 0.25) is 0 Å². The van der Waals surface area contributed by atoms with Crippen molar-refractivity contribution in [1.29, 1.82) is 5.26 Å². The summed E-state index contributed by atoms with van der Waals surface area (Å²) in [6, 6.07) is 16.8. The van der Waals surface area contributed by atoms with Crippen LogP contribution in [0, 0.1) is 11.3 Å². The van der Waals surface area contributed by atoms with Crippen LogP contribution in [0.4, 0.5) is 5.69 Å². The third kappa shape index (κ3) is 4.15. The number of benzene rings is 2. The summed E-state index contributed by atoms with van der Waals surface area (Å²) in [7, 11) is 0. The molecule has 4 heteroatoms. The quantitative estimate of drug-likeness (QED) is 0.844. The first-order chi connectivity index (χ1) is 10.2. The number of anilines is 1. The molecule has 0 amide bonds. The van der Waals surface area contributed by atoms with Crippen molar-refractivity contribution in [2.24, 2.45) is 0 Å². The Hall–Kier alpha value is -2.67. The summed E-state index contributed by atoms with van der Waals surface area (Å²) < 4.78 is 5.30. The van der Waals surface area contributed by atoms with Crippen molar-refractivity contribution in [3.05, 3.63) is 54.1 Å². The Balaban J connectivity index is 2.11. The lowest BCUT2D eigenvalue weighted by Gasteiger charge is -2.19. The van der Waals surface area contributed by atoms with E-state index >= 15 is 0 Å². The molecule has 0 heterocycles. The van der Waals surface area contributed by atoms with E-state index in [4.69, 9.17) is 10.00 Å². The number of phenols is 1. The first-order valence-electron chi connectivity index (χ1n) is 6.88. The topological polar surface area (TPSA) is 65.3 Å². The van der Waals surface area contributed by atoms with Crippen LogP contribution in [0.5, 0.6) is 11.5 Å². The Morgan fingerprint density at radius 2 is 2.00 bits per heavy atom. The van der Waals surface area contributed by atoms with Gasteiger partial charge in [-0.25, -0.2) is 0 Å². The van der Waals surface area contributed by atoms with E-state index in [9.17, 15) is 5.11 Å². The number of nitriles is 1. The highest BCUT2D eigenvalue weighted by Crippen LogP contribution is 2.26. The number of hydrogen-bond donors (Lipinski definition) is 2. The SMILES string of the molecule is CCC(Nc1cccc(OCC#N)c1)c1ccc(O)cc1. The zero-order chi connectivity index (χ0) is 15.1. The van der Waals surface area contributed by atoms with Crippen LogP contribution in [0.1, 0.15) is 24.9 Å². The van der Waals surface area contributed by atoms with Gasteiger partial charge in [-0.2, -0.15) is 5.26 Å². The highest BCUT2D eigenvalue weighted by atomic mass is 16.5. The molecule has 1 unspecified atom stereocenters. The molecule has 1 atom stereocenters. The van der Waals surface area contributed by atoms with Gasteiger partial charge in [0.05, 0.1) is 6.04 Å². The number of nitrogens with zero attached hydrogens (tertiary/aromatic N) is 1. The van der Waals surface area contributed by atoms with Crippen LogP contribution < -0.4 is 10.1 Å².